The molecule has 0 saturated carbocycles. The maximum absolute atomic E-state index is 13.0. The van der Waals surface area contributed by atoms with Crippen LogP contribution in [0, 0.1) is 20.8 Å². The van der Waals surface area contributed by atoms with Crippen LogP contribution in [0.1, 0.15) is 52.7 Å². The molecule has 0 unspecified atom stereocenters. The van der Waals surface area contributed by atoms with Crippen LogP contribution in [-0.2, 0) is 18.4 Å². The number of carbonyl (C=O) groups excluding carboxylic acids is 1. The SMILES string of the molecule is Cc1ccc2c(c1)CN(CC(=O)N[C@H](C)c1c(C)nn(C)c1C)C[C@@H](c1ccsc1)O2. The van der Waals surface area contributed by atoms with Crippen LogP contribution in [0.25, 0.3) is 0 Å². The normalized spacial score (nSPS) is 17.5. The van der Waals surface area contributed by atoms with Crippen molar-refractivity contribution in [3.63, 3.8) is 0 Å². The molecule has 1 aliphatic heterocycles. The second kappa shape index (κ2) is 8.85. The summed E-state index contributed by atoms with van der Waals surface area (Å²) in [7, 11) is 1.93. The summed E-state index contributed by atoms with van der Waals surface area (Å²) >= 11 is 1.66. The average molecular weight is 439 g/mol. The van der Waals surface area contributed by atoms with Crippen LogP contribution >= 0.6 is 11.3 Å². The lowest BCUT2D eigenvalue weighted by molar-refractivity contribution is -0.123. The summed E-state index contributed by atoms with van der Waals surface area (Å²) in [5.74, 6) is 0.912. The maximum atomic E-state index is 13.0. The molecular formula is C24H30N4O2S. The Balaban J connectivity index is 1.51. The first kappa shape index (κ1) is 21.6. The van der Waals surface area contributed by atoms with Crippen molar-refractivity contribution in [2.24, 2.45) is 7.05 Å². The molecule has 1 aromatic carbocycles. The van der Waals surface area contributed by atoms with E-state index in [1.807, 2.05) is 38.6 Å². The molecule has 0 bridgehead atoms. The third-order valence-corrected chi connectivity index (χ3v) is 6.66. The molecule has 7 heteroatoms. The number of hydrogen-bond acceptors (Lipinski definition) is 5. The van der Waals surface area contributed by atoms with Gasteiger partial charge in [0, 0.05) is 42.5 Å². The Bertz CT molecular complexity index is 1070. The molecule has 2 atom stereocenters. The zero-order chi connectivity index (χ0) is 22.1. The number of thiophene rings is 1. The van der Waals surface area contributed by atoms with Gasteiger partial charge in [0.05, 0.1) is 18.3 Å². The highest BCUT2D eigenvalue weighted by atomic mass is 32.1. The first-order valence-corrected chi connectivity index (χ1v) is 11.6. The standard InChI is InChI=1S/C24H30N4O2S/c1-15-6-7-21-20(10-15)11-28(12-22(30-21)19-8-9-31-14-19)13-23(29)25-16(2)24-17(3)26-27(5)18(24)4/h6-10,14,16,22H,11-13H2,1-5H3,(H,25,29)/t16-,22+/m1/s1. The quantitative estimate of drug-likeness (QED) is 0.648. The van der Waals surface area contributed by atoms with Gasteiger partial charge in [-0.05, 0) is 50.6 Å². The number of fused-ring (bicyclic) bond motifs is 1. The number of nitrogens with zero attached hydrogens (tertiary/aromatic N) is 3. The van der Waals surface area contributed by atoms with E-state index in [1.165, 1.54) is 5.56 Å². The van der Waals surface area contributed by atoms with Gasteiger partial charge in [-0.15, -0.1) is 0 Å². The largest absolute Gasteiger partial charge is 0.484 e. The smallest absolute Gasteiger partial charge is 0.234 e. The molecule has 1 aliphatic rings. The molecule has 0 saturated heterocycles. The van der Waals surface area contributed by atoms with Crippen LogP contribution in [0.5, 0.6) is 5.75 Å². The number of ether oxygens (including phenoxy) is 1. The van der Waals surface area contributed by atoms with E-state index in [0.29, 0.717) is 19.6 Å². The highest BCUT2D eigenvalue weighted by Crippen LogP contribution is 2.32. The van der Waals surface area contributed by atoms with E-state index in [2.05, 4.69) is 51.2 Å². The van der Waals surface area contributed by atoms with Crippen molar-refractivity contribution in [1.29, 1.82) is 0 Å². The van der Waals surface area contributed by atoms with Gasteiger partial charge in [-0.2, -0.15) is 16.4 Å². The molecule has 164 valence electrons. The molecule has 0 aliphatic carbocycles. The lowest BCUT2D eigenvalue weighted by Gasteiger charge is -2.24. The van der Waals surface area contributed by atoms with E-state index in [9.17, 15) is 4.79 Å². The van der Waals surface area contributed by atoms with E-state index in [4.69, 9.17) is 4.74 Å². The van der Waals surface area contributed by atoms with E-state index in [1.54, 1.807) is 11.3 Å². The summed E-state index contributed by atoms with van der Waals surface area (Å²) in [4.78, 5) is 15.2. The monoisotopic (exact) mass is 438 g/mol. The summed E-state index contributed by atoms with van der Waals surface area (Å²) < 4.78 is 8.24. The fourth-order valence-corrected chi connectivity index (χ4v) is 5.11. The van der Waals surface area contributed by atoms with Gasteiger partial charge < -0.3 is 10.1 Å². The molecule has 2 aromatic heterocycles. The molecule has 0 radical (unpaired) electrons. The van der Waals surface area contributed by atoms with Gasteiger partial charge in [-0.25, -0.2) is 0 Å². The molecule has 31 heavy (non-hydrogen) atoms. The van der Waals surface area contributed by atoms with Crippen LogP contribution in [0.4, 0.5) is 0 Å². The first-order chi connectivity index (χ1) is 14.8. The van der Waals surface area contributed by atoms with E-state index >= 15 is 0 Å². The van der Waals surface area contributed by atoms with Crippen molar-refractivity contribution in [3.05, 3.63) is 68.7 Å². The molecule has 6 nitrogen and oxygen atoms in total. The number of aromatic nitrogens is 2. The fourth-order valence-electron chi connectivity index (χ4n) is 4.41. The molecule has 1 amide bonds. The molecule has 0 fully saturated rings. The van der Waals surface area contributed by atoms with Gasteiger partial charge >= 0.3 is 0 Å². The summed E-state index contributed by atoms with van der Waals surface area (Å²) in [5, 5.41) is 11.8. The summed E-state index contributed by atoms with van der Waals surface area (Å²) in [6, 6.07) is 8.28. The summed E-state index contributed by atoms with van der Waals surface area (Å²) in [5.41, 5.74) is 6.59. The average Bonchev–Trinajstić information content (AvgIpc) is 3.27. The number of rotatable bonds is 5. The van der Waals surface area contributed by atoms with Gasteiger partial charge in [0.25, 0.3) is 0 Å². The van der Waals surface area contributed by atoms with Crippen LogP contribution in [0.2, 0.25) is 0 Å². The Morgan fingerprint density at radius 3 is 2.81 bits per heavy atom. The van der Waals surface area contributed by atoms with E-state index in [-0.39, 0.29) is 18.1 Å². The minimum absolute atomic E-state index is 0.00956. The van der Waals surface area contributed by atoms with Crippen molar-refractivity contribution in [2.45, 2.75) is 46.4 Å². The Labute approximate surface area is 187 Å². The Morgan fingerprint density at radius 1 is 1.32 bits per heavy atom. The lowest BCUT2D eigenvalue weighted by Crippen LogP contribution is -2.39. The molecule has 3 aromatic rings. The Morgan fingerprint density at radius 2 is 2.13 bits per heavy atom. The minimum atomic E-state index is -0.0942. The van der Waals surface area contributed by atoms with Crippen LogP contribution in [0.15, 0.2) is 35.0 Å². The van der Waals surface area contributed by atoms with Crippen LogP contribution in [-0.4, -0.2) is 33.7 Å². The summed E-state index contributed by atoms with van der Waals surface area (Å²) in [6.45, 7) is 9.80. The van der Waals surface area contributed by atoms with E-state index < -0.39 is 0 Å². The van der Waals surface area contributed by atoms with Crippen molar-refractivity contribution in [2.75, 3.05) is 13.1 Å². The number of nitrogens with one attached hydrogen (secondary N) is 1. The van der Waals surface area contributed by atoms with Crippen LogP contribution < -0.4 is 10.1 Å². The van der Waals surface area contributed by atoms with Gasteiger partial charge in [-0.3, -0.25) is 14.4 Å². The molecule has 1 N–H and O–H groups in total. The van der Waals surface area contributed by atoms with Crippen molar-refractivity contribution in [3.8, 4) is 5.75 Å². The zero-order valence-electron chi connectivity index (χ0n) is 18.8. The van der Waals surface area contributed by atoms with E-state index in [0.717, 1.165) is 33.8 Å². The van der Waals surface area contributed by atoms with Crippen molar-refractivity contribution in [1.82, 2.24) is 20.0 Å². The molecule has 3 heterocycles. The van der Waals surface area contributed by atoms with Crippen LogP contribution in [0.3, 0.4) is 0 Å². The van der Waals surface area contributed by atoms with Crippen molar-refractivity contribution < 1.29 is 9.53 Å². The number of carbonyl (C=O) groups is 1. The zero-order valence-corrected chi connectivity index (χ0v) is 19.6. The topological polar surface area (TPSA) is 59.4 Å². The summed E-state index contributed by atoms with van der Waals surface area (Å²) in [6.07, 6.45) is -0.0942. The highest BCUT2D eigenvalue weighted by Gasteiger charge is 2.27. The maximum Gasteiger partial charge on any atom is 0.234 e. The molecule has 4 rings (SSSR count). The Kier molecular flexibility index (Phi) is 6.16. The predicted octanol–water partition coefficient (Wildman–Crippen LogP) is 4.22. The number of amides is 1. The molecule has 0 spiro atoms. The predicted molar refractivity (Wildman–Crippen MR) is 123 cm³/mol. The third kappa shape index (κ3) is 4.67. The number of hydrogen-bond donors (Lipinski definition) is 1. The third-order valence-electron chi connectivity index (χ3n) is 5.96. The number of aryl methyl sites for hydroxylation is 3. The van der Waals surface area contributed by atoms with Gasteiger partial charge in [0.15, 0.2) is 0 Å². The van der Waals surface area contributed by atoms with Gasteiger partial charge in [0.1, 0.15) is 11.9 Å². The second-order valence-corrected chi connectivity index (χ2v) is 9.22. The van der Waals surface area contributed by atoms with Crippen molar-refractivity contribution >= 4 is 17.2 Å². The second-order valence-electron chi connectivity index (χ2n) is 8.44. The molecular weight excluding hydrogens is 408 g/mol. The Hall–Kier alpha value is -2.64. The lowest BCUT2D eigenvalue weighted by atomic mass is 10.1. The first-order valence-electron chi connectivity index (χ1n) is 10.6. The number of benzene rings is 1. The fraction of sp³-hybridized carbons (Fsp3) is 0.417. The van der Waals surface area contributed by atoms with Gasteiger partial charge in [-0.1, -0.05) is 17.7 Å². The minimum Gasteiger partial charge on any atom is -0.484 e. The highest BCUT2D eigenvalue weighted by molar-refractivity contribution is 7.07. The van der Waals surface area contributed by atoms with Gasteiger partial charge in [0.2, 0.25) is 5.91 Å².